The molecule has 0 heterocycles. The summed E-state index contributed by atoms with van der Waals surface area (Å²) in [6.45, 7) is 3.98. The van der Waals surface area contributed by atoms with Crippen LogP contribution in [-0.4, -0.2) is 17.3 Å². The number of halogens is 1. The lowest BCUT2D eigenvalue weighted by atomic mass is 9.65. The van der Waals surface area contributed by atoms with Gasteiger partial charge in [-0.2, -0.15) is 0 Å². The molecule has 0 bridgehead atoms. The Bertz CT molecular complexity index is 95.2. The van der Waals surface area contributed by atoms with Crippen molar-refractivity contribution in [2.24, 2.45) is 11.1 Å². The summed E-state index contributed by atoms with van der Waals surface area (Å²) in [6.07, 6.45) is 0.602. The van der Waals surface area contributed by atoms with Crippen LogP contribution in [0.15, 0.2) is 0 Å². The SMILES string of the molecule is CC1(C)[C@H](N)C[C@@H]1O.Cl. The Kier molecular flexibility index (Phi) is 2.50. The standard InChI is InChI=1S/C6H13NO.ClH/c1-6(2)4(7)3-5(6)8;/h4-5,8H,3,7H2,1-2H3;1H/t4-,5+;/m1./s1. The zero-order valence-corrected chi connectivity index (χ0v) is 6.61. The summed E-state index contributed by atoms with van der Waals surface area (Å²) in [7, 11) is 0. The lowest BCUT2D eigenvalue weighted by molar-refractivity contribution is -0.0585. The van der Waals surface area contributed by atoms with Gasteiger partial charge in [0.2, 0.25) is 0 Å². The molecule has 3 N–H and O–H groups in total. The maximum Gasteiger partial charge on any atom is 0.0620 e. The minimum Gasteiger partial charge on any atom is -0.392 e. The largest absolute Gasteiger partial charge is 0.392 e. The van der Waals surface area contributed by atoms with Gasteiger partial charge >= 0.3 is 0 Å². The Morgan fingerprint density at radius 1 is 1.56 bits per heavy atom. The Morgan fingerprint density at radius 3 is 2.00 bits per heavy atom. The molecule has 0 aromatic rings. The Labute approximate surface area is 61.8 Å². The van der Waals surface area contributed by atoms with Crippen LogP contribution in [0, 0.1) is 5.41 Å². The molecule has 1 saturated carbocycles. The van der Waals surface area contributed by atoms with Crippen LogP contribution in [-0.2, 0) is 0 Å². The Balaban J connectivity index is 0.000000640. The van der Waals surface area contributed by atoms with E-state index in [0.717, 1.165) is 6.42 Å². The molecule has 0 amide bonds. The quantitative estimate of drug-likeness (QED) is 0.531. The first kappa shape index (κ1) is 9.21. The van der Waals surface area contributed by atoms with Gasteiger partial charge in [0.15, 0.2) is 0 Å². The first-order valence-electron chi connectivity index (χ1n) is 2.99. The predicted octanol–water partition coefficient (Wildman–Crippen LogP) is 0.526. The number of hydrogen-bond donors (Lipinski definition) is 2. The van der Waals surface area contributed by atoms with E-state index in [4.69, 9.17) is 10.8 Å². The fourth-order valence-electron chi connectivity index (χ4n) is 0.935. The molecule has 1 aliphatic rings. The van der Waals surface area contributed by atoms with Crippen LogP contribution in [0.1, 0.15) is 20.3 Å². The zero-order chi connectivity index (χ0) is 6.36. The maximum absolute atomic E-state index is 9.07. The minimum atomic E-state index is -0.169. The highest BCUT2D eigenvalue weighted by atomic mass is 35.5. The van der Waals surface area contributed by atoms with Crippen LogP contribution in [0.25, 0.3) is 0 Å². The second kappa shape index (κ2) is 2.45. The third kappa shape index (κ3) is 1.20. The van der Waals surface area contributed by atoms with Crippen molar-refractivity contribution in [2.45, 2.75) is 32.4 Å². The van der Waals surface area contributed by atoms with Crippen molar-refractivity contribution in [2.75, 3.05) is 0 Å². The van der Waals surface area contributed by atoms with Crippen molar-refractivity contribution in [3.05, 3.63) is 0 Å². The van der Waals surface area contributed by atoms with Crippen molar-refractivity contribution in [1.29, 1.82) is 0 Å². The van der Waals surface area contributed by atoms with E-state index in [1.807, 2.05) is 13.8 Å². The van der Waals surface area contributed by atoms with E-state index in [-0.39, 0.29) is 30.0 Å². The topological polar surface area (TPSA) is 46.2 Å². The molecule has 0 aromatic carbocycles. The van der Waals surface area contributed by atoms with Crippen LogP contribution in [0.5, 0.6) is 0 Å². The molecule has 0 spiro atoms. The van der Waals surface area contributed by atoms with Crippen molar-refractivity contribution in [3.8, 4) is 0 Å². The Morgan fingerprint density at radius 2 is 2.00 bits per heavy atom. The van der Waals surface area contributed by atoms with Crippen molar-refractivity contribution in [3.63, 3.8) is 0 Å². The van der Waals surface area contributed by atoms with Gasteiger partial charge in [-0.15, -0.1) is 12.4 Å². The molecule has 56 valence electrons. The van der Waals surface area contributed by atoms with E-state index in [0.29, 0.717) is 0 Å². The molecule has 1 aliphatic carbocycles. The molecule has 3 heteroatoms. The van der Waals surface area contributed by atoms with E-state index in [9.17, 15) is 0 Å². The van der Waals surface area contributed by atoms with Gasteiger partial charge < -0.3 is 10.8 Å². The molecule has 0 aliphatic heterocycles. The summed E-state index contributed by atoms with van der Waals surface area (Å²) >= 11 is 0. The van der Waals surface area contributed by atoms with Crippen LogP contribution >= 0.6 is 12.4 Å². The Hall–Kier alpha value is 0.210. The second-order valence-electron chi connectivity index (χ2n) is 3.18. The first-order chi connectivity index (χ1) is 3.55. The normalized spacial score (nSPS) is 38.7. The third-order valence-electron chi connectivity index (χ3n) is 2.29. The van der Waals surface area contributed by atoms with Gasteiger partial charge in [0, 0.05) is 11.5 Å². The monoisotopic (exact) mass is 151 g/mol. The number of rotatable bonds is 0. The molecule has 0 radical (unpaired) electrons. The smallest absolute Gasteiger partial charge is 0.0620 e. The van der Waals surface area contributed by atoms with Crippen LogP contribution in [0.3, 0.4) is 0 Å². The molecule has 1 fully saturated rings. The van der Waals surface area contributed by atoms with E-state index >= 15 is 0 Å². The molecule has 0 unspecified atom stereocenters. The maximum atomic E-state index is 9.07. The molecular formula is C6H14ClNO. The molecule has 0 saturated heterocycles. The highest BCUT2D eigenvalue weighted by Crippen LogP contribution is 2.38. The minimum absolute atomic E-state index is 0. The lowest BCUT2D eigenvalue weighted by Crippen LogP contribution is -2.57. The van der Waals surface area contributed by atoms with E-state index < -0.39 is 0 Å². The summed E-state index contributed by atoms with van der Waals surface area (Å²) in [5.74, 6) is 0. The molecule has 2 atom stereocenters. The fraction of sp³-hybridized carbons (Fsp3) is 1.00. The average Bonchev–Trinajstić information content (AvgIpc) is 1.68. The predicted molar refractivity (Wildman–Crippen MR) is 39.6 cm³/mol. The van der Waals surface area contributed by atoms with Gasteiger partial charge in [0.05, 0.1) is 6.10 Å². The van der Waals surface area contributed by atoms with Crippen LogP contribution in [0.4, 0.5) is 0 Å². The number of aliphatic hydroxyl groups is 1. The van der Waals surface area contributed by atoms with Gasteiger partial charge in [-0.25, -0.2) is 0 Å². The van der Waals surface area contributed by atoms with E-state index in [2.05, 4.69) is 0 Å². The van der Waals surface area contributed by atoms with E-state index in [1.54, 1.807) is 0 Å². The van der Waals surface area contributed by atoms with Gasteiger partial charge in [0.25, 0.3) is 0 Å². The molecule has 0 aromatic heterocycles. The fourth-order valence-corrected chi connectivity index (χ4v) is 0.935. The van der Waals surface area contributed by atoms with Crippen LogP contribution < -0.4 is 5.73 Å². The van der Waals surface area contributed by atoms with Crippen molar-refractivity contribution < 1.29 is 5.11 Å². The lowest BCUT2D eigenvalue weighted by Gasteiger charge is -2.47. The second-order valence-corrected chi connectivity index (χ2v) is 3.18. The summed E-state index contributed by atoms with van der Waals surface area (Å²) in [5.41, 5.74) is 5.56. The van der Waals surface area contributed by atoms with E-state index in [1.165, 1.54) is 0 Å². The number of nitrogens with two attached hydrogens (primary N) is 1. The third-order valence-corrected chi connectivity index (χ3v) is 2.29. The summed E-state index contributed by atoms with van der Waals surface area (Å²) in [6, 6.07) is 0.206. The number of aliphatic hydroxyl groups excluding tert-OH is 1. The van der Waals surface area contributed by atoms with Gasteiger partial charge in [-0.3, -0.25) is 0 Å². The molecule has 9 heavy (non-hydrogen) atoms. The zero-order valence-electron chi connectivity index (χ0n) is 5.79. The van der Waals surface area contributed by atoms with Gasteiger partial charge in [-0.1, -0.05) is 13.8 Å². The molecular weight excluding hydrogens is 138 g/mol. The summed E-state index contributed by atoms with van der Waals surface area (Å²) < 4.78 is 0. The van der Waals surface area contributed by atoms with Crippen LogP contribution in [0.2, 0.25) is 0 Å². The number of hydrogen-bond acceptors (Lipinski definition) is 2. The van der Waals surface area contributed by atoms with Gasteiger partial charge in [-0.05, 0) is 6.42 Å². The molecule has 2 nitrogen and oxygen atoms in total. The van der Waals surface area contributed by atoms with Crippen molar-refractivity contribution >= 4 is 12.4 Å². The van der Waals surface area contributed by atoms with Crippen molar-refractivity contribution in [1.82, 2.24) is 0 Å². The van der Waals surface area contributed by atoms with Gasteiger partial charge in [0.1, 0.15) is 0 Å². The molecule has 1 rings (SSSR count). The average molecular weight is 152 g/mol. The summed E-state index contributed by atoms with van der Waals surface area (Å²) in [4.78, 5) is 0. The first-order valence-corrected chi connectivity index (χ1v) is 2.99. The summed E-state index contributed by atoms with van der Waals surface area (Å²) in [5, 5.41) is 9.07. The highest BCUT2D eigenvalue weighted by molar-refractivity contribution is 5.85. The highest BCUT2D eigenvalue weighted by Gasteiger charge is 2.44.